The van der Waals surface area contributed by atoms with Crippen molar-refractivity contribution in [3.05, 3.63) is 0 Å². The fourth-order valence-electron chi connectivity index (χ4n) is 2.77. The summed E-state index contributed by atoms with van der Waals surface area (Å²) < 4.78 is 10.6. The summed E-state index contributed by atoms with van der Waals surface area (Å²) in [6.45, 7) is 21.1. The Morgan fingerprint density at radius 2 is 1.30 bits per heavy atom. The molecule has 0 rings (SSSR count). The lowest BCUT2D eigenvalue weighted by molar-refractivity contribution is -0.155. The molecule has 7 heteroatoms. The third-order valence-electron chi connectivity index (χ3n) is 4.03. The maximum atomic E-state index is 13.0. The molecule has 0 saturated carbocycles. The molecular weight excluding hydrogens is 384 g/mol. The van der Waals surface area contributed by atoms with Crippen LogP contribution in [0.25, 0.3) is 0 Å². The van der Waals surface area contributed by atoms with E-state index in [2.05, 4.69) is 31.4 Å². The molecule has 0 heterocycles. The highest BCUT2D eigenvalue weighted by Crippen LogP contribution is 2.24. The molecule has 0 aliphatic rings. The number of esters is 1. The Bertz CT molecular complexity index is 580. The second-order valence-corrected chi connectivity index (χ2v) is 11.4. The Balaban J connectivity index is 5.30. The molecule has 0 radical (unpaired) electrons. The summed E-state index contributed by atoms with van der Waals surface area (Å²) in [5.41, 5.74) is -1.27. The van der Waals surface area contributed by atoms with Crippen molar-refractivity contribution in [2.45, 2.75) is 119 Å². The summed E-state index contributed by atoms with van der Waals surface area (Å²) in [4.78, 5) is 37.4. The molecule has 0 aromatic heterocycles. The van der Waals surface area contributed by atoms with Gasteiger partial charge in [-0.2, -0.15) is 0 Å². The molecular formula is C23H44N2O5. The Hall–Kier alpha value is -1.79. The highest BCUT2D eigenvalue weighted by molar-refractivity contribution is 5.86. The van der Waals surface area contributed by atoms with Crippen LogP contribution >= 0.6 is 0 Å². The summed E-state index contributed by atoms with van der Waals surface area (Å²) in [5.74, 6) is -0.519. The van der Waals surface area contributed by atoms with Crippen molar-refractivity contribution in [1.29, 1.82) is 0 Å². The smallest absolute Gasteiger partial charge is 0.408 e. The minimum Gasteiger partial charge on any atom is -0.460 e. The van der Waals surface area contributed by atoms with Gasteiger partial charge >= 0.3 is 12.1 Å². The van der Waals surface area contributed by atoms with Gasteiger partial charge in [-0.25, -0.2) is 4.79 Å². The van der Waals surface area contributed by atoms with Crippen molar-refractivity contribution < 1.29 is 23.9 Å². The number of hydrogen-bond acceptors (Lipinski definition) is 5. The second-order valence-electron chi connectivity index (χ2n) is 11.4. The van der Waals surface area contributed by atoms with E-state index in [1.165, 1.54) is 0 Å². The van der Waals surface area contributed by atoms with Crippen LogP contribution in [0.2, 0.25) is 0 Å². The van der Waals surface area contributed by atoms with E-state index in [1.54, 1.807) is 41.5 Å². The summed E-state index contributed by atoms with van der Waals surface area (Å²) >= 11 is 0. The van der Waals surface area contributed by atoms with Gasteiger partial charge in [-0.3, -0.25) is 9.59 Å². The Morgan fingerprint density at radius 3 is 1.70 bits per heavy atom. The molecule has 0 saturated heterocycles. The maximum Gasteiger partial charge on any atom is 0.408 e. The third-order valence-corrected chi connectivity index (χ3v) is 4.03. The van der Waals surface area contributed by atoms with Gasteiger partial charge in [0.05, 0.1) is 0 Å². The van der Waals surface area contributed by atoms with Gasteiger partial charge in [0, 0.05) is 12.5 Å². The van der Waals surface area contributed by atoms with E-state index in [1.807, 2.05) is 13.8 Å². The molecule has 2 atom stereocenters. The topological polar surface area (TPSA) is 93.7 Å². The van der Waals surface area contributed by atoms with Gasteiger partial charge in [-0.1, -0.05) is 34.6 Å². The van der Waals surface area contributed by atoms with E-state index in [-0.39, 0.29) is 36.1 Å². The lowest BCUT2D eigenvalue weighted by Crippen LogP contribution is -2.52. The van der Waals surface area contributed by atoms with Crippen molar-refractivity contribution in [3.63, 3.8) is 0 Å². The largest absolute Gasteiger partial charge is 0.460 e. The summed E-state index contributed by atoms with van der Waals surface area (Å²) in [5, 5.41) is 5.67. The van der Waals surface area contributed by atoms with Crippen LogP contribution in [0.5, 0.6) is 0 Å². The Labute approximate surface area is 183 Å². The van der Waals surface area contributed by atoms with E-state index in [4.69, 9.17) is 9.47 Å². The number of alkyl carbamates (subject to hydrolysis) is 1. The SMILES string of the molecule is CC(C)[C@@H](CC(C)(C)C)NC(=O)[C@H](CCC(=O)OC(C)(C)C)NC(=O)OC(C)(C)C. The van der Waals surface area contributed by atoms with Crippen molar-refractivity contribution >= 4 is 18.0 Å². The van der Waals surface area contributed by atoms with Crippen molar-refractivity contribution in [2.24, 2.45) is 11.3 Å². The van der Waals surface area contributed by atoms with Gasteiger partial charge in [-0.15, -0.1) is 0 Å². The number of hydrogen-bond donors (Lipinski definition) is 2. The predicted octanol–water partition coefficient (Wildman–Crippen LogP) is 4.58. The summed E-state index contributed by atoms with van der Waals surface area (Å²) in [6.07, 6.45) is 0.238. The summed E-state index contributed by atoms with van der Waals surface area (Å²) in [6, 6.07) is -0.949. The second kappa shape index (κ2) is 11.0. The number of amides is 2. The zero-order valence-electron chi connectivity index (χ0n) is 20.9. The minimum absolute atomic E-state index is 0.0107. The fourth-order valence-corrected chi connectivity index (χ4v) is 2.77. The van der Waals surface area contributed by atoms with Crippen LogP contribution in [-0.4, -0.2) is 41.3 Å². The molecule has 0 unspecified atom stereocenters. The monoisotopic (exact) mass is 428 g/mol. The van der Waals surface area contributed by atoms with Gasteiger partial charge in [0.2, 0.25) is 5.91 Å². The van der Waals surface area contributed by atoms with E-state index in [0.29, 0.717) is 0 Å². The average Bonchev–Trinajstić information content (AvgIpc) is 2.45. The van der Waals surface area contributed by atoms with Crippen LogP contribution in [0.15, 0.2) is 0 Å². The van der Waals surface area contributed by atoms with Crippen LogP contribution in [0, 0.1) is 11.3 Å². The Kier molecular flexibility index (Phi) is 10.3. The van der Waals surface area contributed by atoms with Gasteiger partial charge in [0.1, 0.15) is 17.2 Å². The van der Waals surface area contributed by atoms with Crippen LogP contribution < -0.4 is 10.6 Å². The fraction of sp³-hybridized carbons (Fsp3) is 0.870. The van der Waals surface area contributed by atoms with E-state index in [9.17, 15) is 14.4 Å². The highest BCUT2D eigenvalue weighted by Gasteiger charge is 2.29. The van der Waals surface area contributed by atoms with Crippen LogP contribution in [0.3, 0.4) is 0 Å². The molecule has 0 fully saturated rings. The van der Waals surface area contributed by atoms with Gasteiger partial charge < -0.3 is 20.1 Å². The van der Waals surface area contributed by atoms with Gasteiger partial charge in [0.25, 0.3) is 0 Å². The van der Waals surface area contributed by atoms with Crippen molar-refractivity contribution in [1.82, 2.24) is 10.6 Å². The normalized spacial score (nSPS) is 14.7. The third kappa shape index (κ3) is 14.2. The first-order valence-electron chi connectivity index (χ1n) is 10.8. The number of nitrogens with one attached hydrogen (secondary N) is 2. The molecule has 176 valence electrons. The van der Waals surface area contributed by atoms with Gasteiger partial charge in [-0.05, 0) is 65.7 Å². The first kappa shape index (κ1) is 28.2. The quantitative estimate of drug-likeness (QED) is 0.552. The molecule has 0 aromatic rings. The first-order valence-corrected chi connectivity index (χ1v) is 10.8. The first-order chi connectivity index (χ1) is 13.3. The van der Waals surface area contributed by atoms with Crippen LogP contribution in [0.1, 0.15) is 95.4 Å². The van der Waals surface area contributed by atoms with Crippen LogP contribution in [-0.2, 0) is 19.1 Å². The van der Waals surface area contributed by atoms with E-state index < -0.39 is 29.3 Å². The van der Waals surface area contributed by atoms with Gasteiger partial charge in [0.15, 0.2) is 0 Å². The average molecular weight is 429 g/mol. The predicted molar refractivity (Wildman–Crippen MR) is 119 cm³/mol. The molecule has 0 aromatic carbocycles. The molecule has 0 aliphatic carbocycles. The molecule has 0 bridgehead atoms. The highest BCUT2D eigenvalue weighted by atomic mass is 16.6. The standard InChI is InChI=1S/C23H44N2O5/c1-15(2)17(14-21(3,4)5)24-19(27)16(25-20(28)30-23(9,10)11)12-13-18(26)29-22(6,7)8/h15-17H,12-14H2,1-11H3,(H,24,27)(H,25,28)/t16-,17+/m0/s1. The molecule has 2 amide bonds. The number of carbonyl (C=O) groups is 3. The molecule has 0 aliphatic heterocycles. The molecule has 2 N–H and O–H groups in total. The maximum absolute atomic E-state index is 13.0. The molecule has 0 spiro atoms. The van der Waals surface area contributed by atoms with E-state index >= 15 is 0 Å². The minimum atomic E-state index is -0.895. The van der Waals surface area contributed by atoms with E-state index in [0.717, 1.165) is 6.42 Å². The number of rotatable bonds is 8. The Morgan fingerprint density at radius 1 is 0.800 bits per heavy atom. The lowest BCUT2D eigenvalue weighted by Gasteiger charge is -2.31. The molecule has 7 nitrogen and oxygen atoms in total. The molecule has 30 heavy (non-hydrogen) atoms. The number of ether oxygens (including phenoxy) is 2. The van der Waals surface area contributed by atoms with Crippen molar-refractivity contribution in [3.8, 4) is 0 Å². The van der Waals surface area contributed by atoms with Crippen LogP contribution in [0.4, 0.5) is 4.79 Å². The number of carbonyl (C=O) groups excluding carboxylic acids is 3. The lowest BCUT2D eigenvalue weighted by atomic mass is 9.84. The zero-order chi connectivity index (χ0) is 23.9. The summed E-state index contributed by atoms with van der Waals surface area (Å²) in [7, 11) is 0. The zero-order valence-corrected chi connectivity index (χ0v) is 20.9. The van der Waals surface area contributed by atoms with Crippen molar-refractivity contribution in [2.75, 3.05) is 0 Å².